The first kappa shape index (κ1) is 10.2. The summed E-state index contributed by atoms with van der Waals surface area (Å²) in [6.07, 6.45) is 0. The molecule has 1 atom stereocenters. The molecular formula is C9H17N3O. The van der Waals surface area contributed by atoms with Crippen molar-refractivity contribution in [2.75, 3.05) is 6.61 Å². The summed E-state index contributed by atoms with van der Waals surface area (Å²) in [5.74, 6) is 0. The van der Waals surface area contributed by atoms with Crippen molar-refractivity contribution in [2.24, 2.45) is 0 Å². The van der Waals surface area contributed by atoms with Crippen molar-refractivity contribution < 1.29 is 5.11 Å². The lowest BCUT2D eigenvalue weighted by molar-refractivity contribution is 0.234. The zero-order chi connectivity index (χ0) is 9.84. The highest BCUT2D eigenvalue weighted by atomic mass is 16.3. The van der Waals surface area contributed by atoms with Crippen LogP contribution in [0.1, 0.15) is 31.3 Å². The fourth-order valence-corrected chi connectivity index (χ4v) is 1.25. The molecule has 1 aromatic rings. The van der Waals surface area contributed by atoms with Gasteiger partial charge in [-0.2, -0.15) is 5.10 Å². The van der Waals surface area contributed by atoms with Gasteiger partial charge in [-0.3, -0.25) is 5.10 Å². The topological polar surface area (TPSA) is 60.9 Å². The molecular weight excluding hydrogens is 166 g/mol. The van der Waals surface area contributed by atoms with Gasteiger partial charge >= 0.3 is 0 Å². The lowest BCUT2D eigenvalue weighted by atomic mass is 10.2. The second-order valence-electron chi connectivity index (χ2n) is 3.53. The molecule has 0 fully saturated rings. The van der Waals surface area contributed by atoms with Crippen LogP contribution in [0.5, 0.6) is 0 Å². The Hall–Kier alpha value is -0.870. The molecule has 1 rings (SSSR count). The van der Waals surface area contributed by atoms with E-state index in [1.165, 1.54) is 0 Å². The molecule has 0 amide bonds. The maximum absolute atomic E-state index is 9.12. The Morgan fingerprint density at radius 2 is 2.31 bits per heavy atom. The summed E-state index contributed by atoms with van der Waals surface area (Å²) in [5, 5.41) is 19.3. The standard InChI is InChI=1S/C9H17N3O/c1-6(2)10-9(5-13)8-4-7(3)11-12-8/h4,6,9-10,13H,5H2,1-3H3,(H,11,12). The molecule has 0 aromatic carbocycles. The maximum Gasteiger partial charge on any atom is 0.0817 e. The number of hydrogen-bond donors (Lipinski definition) is 3. The van der Waals surface area contributed by atoms with E-state index in [1.807, 2.05) is 26.8 Å². The number of aromatic amines is 1. The van der Waals surface area contributed by atoms with Gasteiger partial charge in [0.15, 0.2) is 0 Å². The third-order valence-corrected chi connectivity index (χ3v) is 1.80. The normalized spacial score (nSPS) is 13.6. The van der Waals surface area contributed by atoms with E-state index in [9.17, 15) is 0 Å². The fourth-order valence-electron chi connectivity index (χ4n) is 1.25. The third kappa shape index (κ3) is 2.82. The first-order valence-corrected chi connectivity index (χ1v) is 4.52. The first-order chi connectivity index (χ1) is 6.13. The fraction of sp³-hybridized carbons (Fsp3) is 0.667. The number of rotatable bonds is 4. The van der Waals surface area contributed by atoms with Crippen LogP contribution >= 0.6 is 0 Å². The Morgan fingerprint density at radius 1 is 1.62 bits per heavy atom. The van der Waals surface area contributed by atoms with Crippen LogP contribution in [0, 0.1) is 6.92 Å². The summed E-state index contributed by atoms with van der Waals surface area (Å²) in [4.78, 5) is 0. The first-order valence-electron chi connectivity index (χ1n) is 4.52. The quantitative estimate of drug-likeness (QED) is 0.645. The molecule has 4 nitrogen and oxygen atoms in total. The molecule has 1 heterocycles. The highest BCUT2D eigenvalue weighted by molar-refractivity contribution is 5.11. The number of aryl methyl sites for hydroxylation is 1. The van der Waals surface area contributed by atoms with Crippen LogP contribution in [-0.2, 0) is 0 Å². The van der Waals surface area contributed by atoms with Crippen molar-refractivity contribution in [1.29, 1.82) is 0 Å². The summed E-state index contributed by atoms with van der Waals surface area (Å²) in [7, 11) is 0. The Balaban J connectivity index is 2.66. The number of nitrogens with one attached hydrogen (secondary N) is 2. The van der Waals surface area contributed by atoms with Gasteiger partial charge in [-0.25, -0.2) is 0 Å². The van der Waals surface area contributed by atoms with Crippen LogP contribution in [0.15, 0.2) is 6.07 Å². The smallest absolute Gasteiger partial charge is 0.0817 e. The molecule has 0 saturated heterocycles. The molecule has 0 radical (unpaired) electrons. The minimum Gasteiger partial charge on any atom is -0.394 e. The highest BCUT2D eigenvalue weighted by Crippen LogP contribution is 2.10. The molecule has 1 aromatic heterocycles. The Labute approximate surface area is 78.4 Å². The summed E-state index contributed by atoms with van der Waals surface area (Å²) in [6.45, 7) is 6.10. The highest BCUT2D eigenvalue weighted by Gasteiger charge is 2.13. The Bertz CT molecular complexity index is 257. The molecule has 0 aliphatic rings. The van der Waals surface area contributed by atoms with Crippen molar-refractivity contribution in [3.63, 3.8) is 0 Å². The van der Waals surface area contributed by atoms with Gasteiger partial charge in [-0.1, -0.05) is 13.8 Å². The second-order valence-corrected chi connectivity index (χ2v) is 3.53. The molecule has 0 spiro atoms. The molecule has 74 valence electrons. The van der Waals surface area contributed by atoms with Crippen molar-refractivity contribution in [2.45, 2.75) is 32.9 Å². The van der Waals surface area contributed by atoms with Gasteiger partial charge in [-0.05, 0) is 13.0 Å². The number of aliphatic hydroxyl groups is 1. The van der Waals surface area contributed by atoms with Crippen LogP contribution in [-0.4, -0.2) is 28.0 Å². The third-order valence-electron chi connectivity index (χ3n) is 1.80. The lowest BCUT2D eigenvalue weighted by Gasteiger charge is -2.16. The number of H-pyrrole nitrogens is 1. The molecule has 0 aliphatic heterocycles. The number of hydrogen-bond acceptors (Lipinski definition) is 3. The minimum absolute atomic E-state index is 0.0649. The van der Waals surface area contributed by atoms with Crippen molar-refractivity contribution in [3.05, 3.63) is 17.5 Å². The predicted octanol–water partition coefficient (Wildman–Crippen LogP) is 0.750. The van der Waals surface area contributed by atoms with Crippen molar-refractivity contribution >= 4 is 0 Å². The summed E-state index contributed by atoms with van der Waals surface area (Å²) in [6, 6.07) is 2.22. The van der Waals surface area contributed by atoms with Gasteiger partial charge in [0.05, 0.1) is 18.3 Å². The number of aromatic nitrogens is 2. The van der Waals surface area contributed by atoms with E-state index in [0.717, 1.165) is 11.4 Å². The summed E-state index contributed by atoms with van der Waals surface area (Å²) in [5.41, 5.74) is 1.88. The predicted molar refractivity (Wildman–Crippen MR) is 51.4 cm³/mol. The monoisotopic (exact) mass is 183 g/mol. The van der Waals surface area contributed by atoms with E-state index in [2.05, 4.69) is 15.5 Å². The van der Waals surface area contributed by atoms with Gasteiger partial charge in [0, 0.05) is 11.7 Å². The van der Waals surface area contributed by atoms with Crippen LogP contribution in [0.3, 0.4) is 0 Å². The van der Waals surface area contributed by atoms with Crippen molar-refractivity contribution in [1.82, 2.24) is 15.5 Å². The Kier molecular flexibility index (Phi) is 3.45. The average Bonchev–Trinajstić information content (AvgIpc) is 2.47. The largest absolute Gasteiger partial charge is 0.394 e. The Morgan fingerprint density at radius 3 is 2.69 bits per heavy atom. The molecule has 3 N–H and O–H groups in total. The van der Waals surface area contributed by atoms with Crippen LogP contribution < -0.4 is 5.32 Å². The molecule has 13 heavy (non-hydrogen) atoms. The van der Waals surface area contributed by atoms with Crippen LogP contribution in [0.2, 0.25) is 0 Å². The van der Waals surface area contributed by atoms with Crippen LogP contribution in [0.4, 0.5) is 0 Å². The summed E-state index contributed by atoms with van der Waals surface area (Å²) < 4.78 is 0. The molecule has 4 heteroatoms. The lowest BCUT2D eigenvalue weighted by Crippen LogP contribution is -2.30. The molecule has 0 saturated carbocycles. The molecule has 0 bridgehead atoms. The van der Waals surface area contributed by atoms with Gasteiger partial charge in [-0.15, -0.1) is 0 Å². The van der Waals surface area contributed by atoms with Gasteiger partial charge in [0.1, 0.15) is 0 Å². The average molecular weight is 183 g/mol. The van der Waals surface area contributed by atoms with Gasteiger partial charge < -0.3 is 10.4 Å². The summed E-state index contributed by atoms with van der Waals surface area (Å²) >= 11 is 0. The van der Waals surface area contributed by atoms with E-state index in [4.69, 9.17) is 5.11 Å². The molecule has 0 aliphatic carbocycles. The SMILES string of the molecule is Cc1cc(C(CO)NC(C)C)n[nH]1. The van der Waals surface area contributed by atoms with Gasteiger partial charge in [0.2, 0.25) is 0 Å². The second kappa shape index (κ2) is 4.39. The zero-order valence-corrected chi connectivity index (χ0v) is 8.33. The maximum atomic E-state index is 9.12. The van der Waals surface area contributed by atoms with E-state index < -0.39 is 0 Å². The minimum atomic E-state index is -0.0649. The van der Waals surface area contributed by atoms with Gasteiger partial charge in [0.25, 0.3) is 0 Å². The van der Waals surface area contributed by atoms with E-state index >= 15 is 0 Å². The van der Waals surface area contributed by atoms with Crippen LogP contribution in [0.25, 0.3) is 0 Å². The zero-order valence-electron chi connectivity index (χ0n) is 8.33. The van der Waals surface area contributed by atoms with E-state index in [-0.39, 0.29) is 12.6 Å². The van der Waals surface area contributed by atoms with E-state index in [0.29, 0.717) is 6.04 Å². The number of nitrogens with zero attached hydrogens (tertiary/aromatic N) is 1. The number of aliphatic hydroxyl groups excluding tert-OH is 1. The van der Waals surface area contributed by atoms with Crippen molar-refractivity contribution in [3.8, 4) is 0 Å². The molecule has 1 unspecified atom stereocenters. The van der Waals surface area contributed by atoms with E-state index in [1.54, 1.807) is 0 Å².